The summed E-state index contributed by atoms with van der Waals surface area (Å²) in [7, 11) is -3.83. The predicted octanol–water partition coefficient (Wildman–Crippen LogP) is 0.514. The fourth-order valence-electron chi connectivity index (χ4n) is 2.35. The molecule has 1 aliphatic rings. The van der Waals surface area contributed by atoms with Gasteiger partial charge in [-0.2, -0.15) is 0 Å². The van der Waals surface area contributed by atoms with Crippen molar-refractivity contribution in [1.82, 2.24) is 0 Å². The number of carbonyl (C=O) groups is 1. The van der Waals surface area contributed by atoms with E-state index in [1.165, 1.54) is 0 Å². The summed E-state index contributed by atoms with van der Waals surface area (Å²) in [5.74, 6) is -4.41. The lowest BCUT2D eigenvalue weighted by atomic mass is 10.1. The molecule has 1 fully saturated rings. The summed E-state index contributed by atoms with van der Waals surface area (Å²) in [6.45, 7) is -0.235. The summed E-state index contributed by atoms with van der Waals surface area (Å²) in [6, 6.07) is 0.997. The van der Waals surface area contributed by atoms with Gasteiger partial charge in [0.15, 0.2) is 11.6 Å². The Bertz CT molecular complexity index is 729. The quantitative estimate of drug-likeness (QED) is 0.634. The van der Waals surface area contributed by atoms with E-state index in [4.69, 9.17) is 5.14 Å². The van der Waals surface area contributed by atoms with Crippen molar-refractivity contribution in [3.05, 3.63) is 33.9 Å². The second kappa shape index (κ2) is 5.57. The highest BCUT2D eigenvalue weighted by Crippen LogP contribution is 2.32. The van der Waals surface area contributed by atoms with Gasteiger partial charge in [-0.25, -0.2) is 22.3 Å². The predicted molar refractivity (Wildman–Crippen MR) is 71.4 cm³/mol. The lowest BCUT2D eigenvalue weighted by Gasteiger charge is -2.18. The number of carbonyl (C=O) groups excluding carboxylic acids is 1. The fourth-order valence-corrected chi connectivity index (χ4v) is 3.23. The number of non-ortho nitro benzene ring substituents is 1. The van der Waals surface area contributed by atoms with E-state index in [-0.39, 0.29) is 13.0 Å². The molecule has 0 aliphatic carbocycles. The van der Waals surface area contributed by atoms with Crippen molar-refractivity contribution in [3.63, 3.8) is 0 Å². The van der Waals surface area contributed by atoms with Crippen LogP contribution in [0.25, 0.3) is 0 Å². The number of nitro groups is 1. The van der Waals surface area contributed by atoms with E-state index in [2.05, 4.69) is 0 Å². The van der Waals surface area contributed by atoms with E-state index in [9.17, 15) is 32.1 Å². The smallest absolute Gasteiger partial charge is 0.275 e. The van der Waals surface area contributed by atoms with E-state index in [0.717, 1.165) is 4.90 Å². The molecule has 0 radical (unpaired) electrons. The van der Waals surface area contributed by atoms with Gasteiger partial charge >= 0.3 is 0 Å². The van der Waals surface area contributed by atoms with Gasteiger partial charge in [0.2, 0.25) is 15.9 Å². The first-order chi connectivity index (χ1) is 10.1. The number of primary sulfonamides is 1. The zero-order chi connectivity index (χ0) is 16.7. The molecule has 22 heavy (non-hydrogen) atoms. The van der Waals surface area contributed by atoms with Crippen LogP contribution in [-0.4, -0.2) is 31.5 Å². The first-order valence-corrected chi connectivity index (χ1v) is 7.74. The zero-order valence-electron chi connectivity index (χ0n) is 11.0. The minimum Gasteiger partial charge on any atom is -0.307 e. The Labute approximate surface area is 123 Å². The van der Waals surface area contributed by atoms with E-state index in [1.807, 2.05) is 0 Å². The average molecular weight is 335 g/mol. The Kier molecular flexibility index (Phi) is 4.11. The number of nitro benzene ring substituents is 1. The van der Waals surface area contributed by atoms with Gasteiger partial charge in [-0.3, -0.25) is 14.9 Å². The molecule has 0 spiro atoms. The van der Waals surface area contributed by atoms with Crippen LogP contribution in [0.1, 0.15) is 6.42 Å². The van der Waals surface area contributed by atoms with Crippen molar-refractivity contribution < 1.29 is 26.9 Å². The zero-order valence-corrected chi connectivity index (χ0v) is 11.8. The highest BCUT2D eigenvalue weighted by atomic mass is 32.2. The third kappa shape index (κ3) is 3.36. The van der Waals surface area contributed by atoms with Gasteiger partial charge in [0.1, 0.15) is 5.69 Å². The summed E-state index contributed by atoms with van der Waals surface area (Å²) in [6.07, 6.45) is -0.230. The maximum atomic E-state index is 13.9. The lowest BCUT2D eigenvalue weighted by Crippen LogP contribution is -2.29. The van der Waals surface area contributed by atoms with Crippen LogP contribution in [-0.2, 0) is 14.8 Å². The average Bonchev–Trinajstić information content (AvgIpc) is 2.66. The standard InChI is InChI=1S/C11H11F2N3O5S/c12-8-2-7(16(18)19)3-9(13)11(8)15-4-6(1-10(15)17)5-22(14,20)21/h2-3,6H,1,4-5H2,(H2,14,20,21). The van der Waals surface area contributed by atoms with Gasteiger partial charge in [0, 0.05) is 18.9 Å². The third-order valence-electron chi connectivity index (χ3n) is 3.16. The van der Waals surface area contributed by atoms with Crippen LogP contribution in [0.15, 0.2) is 12.1 Å². The van der Waals surface area contributed by atoms with E-state index in [0.29, 0.717) is 12.1 Å². The largest absolute Gasteiger partial charge is 0.307 e. The van der Waals surface area contributed by atoms with Crippen molar-refractivity contribution in [3.8, 4) is 0 Å². The third-order valence-corrected chi connectivity index (χ3v) is 4.09. The number of sulfonamides is 1. The normalized spacial score (nSPS) is 18.8. The molecule has 1 unspecified atom stereocenters. The minimum atomic E-state index is -3.83. The summed E-state index contributed by atoms with van der Waals surface area (Å²) in [5, 5.41) is 15.4. The molecule has 1 saturated heterocycles. The molecule has 0 bridgehead atoms. The van der Waals surface area contributed by atoms with Crippen LogP contribution >= 0.6 is 0 Å². The molecule has 1 aromatic rings. The molecule has 1 amide bonds. The minimum absolute atomic E-state index is 0.230. The van der Waals surface area contributed by atoms with Crippen molar-refractivity contribution in [1.29, 1.82) is 0 Å². The number of amides is 1. The molecule has 8 nitrogen and oxygen atoms in total. The number of hydrogen-bond acceptors (Lipinski definition) is 5. The topological polar surface area (TPSA) is 124 Å². The molecule has 1 heterocycles. The summed E-state index contributed by atoms with van der Waals surface area (Å²) in [4.78, 5) is 22.1. The van der Waals surface area contributed by atoms with Crippen LogP contribution in [0.5, 0.6) is 0 Å². The number of nitrogens with zero attached hydrogens (tertiary/aromatic N) is 2. The van der Waals surface area contributed by atoms with Gasteiger partial charge in [-0.1, -0.05) is 0 Å². The van der Waals surface area contributed by atoms with Gasteiger partial charge < -0.3 is 4.90 Å². The molecule has 2 N–H and O–H groups in total. The molecule has 1 atom stereocenters. The van der Waals surface area contributed by atoms with Crippen LogP contribution in [0.2, 0.25) is 0 Å². The Morgan fingerprint density at radius 1 is 1.36 bits per heavy atom. The maximum absolute atomic E-state index is 13.9. The Balaban J connectivity index is 2.33. The van der Waals surface area contributed by atoms with Gasteiger partial charge in [-0.05, 0) is 0 Å². The molecule has 2 rings (SSSR count). The molecule has 0 aromatic heterocycles. The van der Waals surface area contributed by atoms with Gasteiger partial charge in [0.05, 0.1) is 22.8 Å². The molecular formula is C11H11F2N3O5S. The molecule has 0 saturated carbocycles. The highest BCUT2D eigenvalue weighted by Gasteiger charge is 2.36. The monoisotopic (exact) mass is 335 g/mol. The fraction of sp³-hybridized carbons (Fsp3) is 0.364. The molecule has 11 heteroatoms. The Morgan fingerprint density at radius 2 is 1.91 bits per heavy atom. The van der Waals surface area contributed by atoms with Crippen LogP contribution in [0.4, 0.5) is 20.2 Å². The molecular weight excluding hydrogens is 324 g/mol. The van der Waals surface area contributed by atoms with Crippen LogP contribution in [0.3, 0.4) is 0 Å². The lowest BCUT2D eigenvalue weighted by molar-refractivity contribution is -0.385. The Morgan fingerprint density at radius 3 is 2.36 bits per heavy atom. The SMILES string of the molecule is NS(=O)(=O)CC1CC(=O)N(c2c(F)cc([N+](=O)[O-])cc2F)C1. The van der Waals surface area contributed by atoms with E-state index in [1.54, 1.807) is 0 Å². The van der Waals surface area contributed by atoms with Crippen molar-refractivity contribution in [2.75, 3.05) is 17.2 Å². The van der Waals surface area contributed by atoms with E-state index >= 15 is 0 Å². The number of nitrogens with two attached hydrogens (primary N) is 1. The number of rotatable bonds is 4. The number of halogens is 2. The van der Waals surface area contributed by atoms with Gasteiger partial charge in [0.25, 0.3) is 5.69 Å². The second-order valence-corrected chi connectivity index (χ2v) is 6.58. The maximum Gasteiger partial charge on any atom is 0.275 e. The molecule has 1 aliphatic heterocycles. The van der Waals surface area contributed by atoms with Crippen molar-refractivity contribution >= 4 is 27.3 Å². The number of benzene rings is 1. The first kappa shape index (κ1) is 16.2. The number of hydrogen-bond donors (Lipinski definition) is 1. The van der Waals surface area contributed by atoms with Crippen molar-refractivity contribution in [2.24, 2.45) is 11.1 Å². The van der Waals surface area contributed by atoms with Gasteiger partial charge in [-0.15, -0.1) is 0 Å². The first-order valence-electron chi connectivity index (χ1n) is 6.02. The molecule has 120 valence electrons. The molecule has 1 aromatic carbocycles. The van der Waals surface area contributed by atoms with E-state index < -0.39 is 55.5 Å². The number of anilines is 1. The summed E-state index contributed by atoms with van der Waals surface area (Å²) >= 11 is 0. The Hall–Kier alpha value is -2.14. The van der Waals surface area contributed by atoms with Crippen molar-refractivity contribution in [2.45, 2.75) is 6.42 Å². The second-order valence-electron chi connectivity index (χ2n) is 4.92. The van der Waals surface area contributed by atoms with Crippen LogP contribution < -0.4 is 10.0 Å². The summed E-state index contributed by atoms with van der Waals surface area (Å²) < 4.78 is 49.8. The highest BCUT2D eigenvalue weighted by molar-refractivity contribution is 7.89. The summed E-state index contributed by atoms with van der Waals surface area (Å²) in [5.41, 5.74) is -1.51. The van der Waals surface area contributed by atoms with Crippen LogP contribution in [0, 0.1) is 27.7 Å².